The summed E-state index contributed by atoms with van der Waals surface area (Å²) in [6, 6.07) is 3.90. The highest BCUT2D eigenvalue weighted by Gasteiger charge is 2.73. The topological polar surface area (TPSA) is 77.1 Å². The van der Waals surface area contributed by atoms with Crippen LogP contribution in [0.5, 0.6) is 5.75 Å². The number of hydrogen-bond donors (Lipinski definition) is 1. The van der Waals surface area contributed by atoms with Crippen molar-refractivity contribution in [2.24, 2.45) is 5.92 Å². The molecule has 5 aliphatic rings. The number of benzene rings is 1. The fraction of sp³-hybridized carbons (Fsp3) is 0.619. The van der Waals surface area contributed by atoms with Gasteiger partial charge in [0.15, 0.2) is 6.61 Å². The minimum absolute atomic E-state index is 0.0413. The maximum absolute atomic E-state index is 13.4. The van der Waals surface area contributed by atoms with E-state index in [0.29, 0.717) is 25.8 Å². The quantitative estimate of drug-likeness (QED) is 0.586. The number of cyclic esters (lactones) is 1. The third-order valence-electron chi connectivity index (χ3n) is 7.03. The van der Waals surface area contributed by atoms with Crippen molar-refractivity contribution in [2.45, 2.75) is 61.8 Å². The molecule has 1 N–H and O–H groups in total. The van der Waals surface area contributed by atoms with E-state index in [9.17, 15) is 27.2 Å². The highest BCUT2D eigenvalue weighted by Crippen LogP contribution is 2.64. The summed E-state index contributed by atoms with van der Waals surface area (Å²) in [5, 5.41) is 2.87. The molecule has 0 spiro atoms. The average molecular weight is 493 g/mol. The van der Waals surface area contributed by atoms with Crippen molar-refractivity contribution in [2.75, 3.05) is 13.2 Å². The lowest BCUT2D eigenvalue weighted by Gasteiger charge is -2.72. The second-order valence-electron chi connectivity index (χ2n) is 9.40. The normalized spacial score (nSPS) is 34.6. The number of rotatable bonds is 7. The SMILES string of the molecule is O=C(COc1ccc(Cl)c(F)c1)NC12CC(N3C[C@H](C4CC(OC(F)(F)F)C4)OC3=O)(C1)C2. The first-order valence-electron chi connectivity index (χ1n) is 10.6. The molecule has 6 rings (SSSR count). The van der Waals surface area contributed by atoms with Gasteiger partial charge < -0.3 is 14.8 Å². The Morgan fingerprint density at radius 3 is 2.61 bits per heavy atom. The molecule has 0 unspecified atom stereocenters. The Hall–Kier alpha value is -2.27. The summed E-state index contributed by atoms with van der Waals surface area (Å²) in [6.45, 7) is 0.0456. The Morgan fingerprint density at radius 1 is 1.27 bits per heavy atom. The molecule has 1 atom stereocenters. The van der Waals surface area contributed by atoms with Crippen LogP contribution >= 0.6 is 11.6 Å². The van der Waals surface area contributed by atoms with Crippen molar-refractivity contribution in [3.8, 4) is 5.75 Å². The Labute approximate surface area is 191 Å². The molecule has 0 radical (unpaired) electrons. The highest BCUT2D eigenvalue weighted by molar-refractivity contribution is 6.30. The van der Waals surface area contributed by atoms with Crippen molar-refractivity contribution in [1.29, 1.82) is 0 Å². The zero-order valence-electron chi connectivity index (χ0n) is 17.3. The molecular formula is C21H21ClF4N2O5. The van der Waals surface area contributed by atoms with E-state index in [1.165, 1.54) is 12.1 Å². The summed E-state index contributed by atoms with van der Waals surface area (Å²) in [5.41, 5.74) is -0.795. The van der Waals surface area contributed by atoms with Crippen molar-refractivity contribution in [3.63, 3.8) is 0 Å². The van der Waals surface area contributed by atoms with Crippen molar-refractivity contribution in [1.82, 2.24) is 10.2 Å². The first kappa shape index (κ1) is 22.5. The number of ether oxygens (including phenoxy) is 3. The van der Waals surface area contributed by atoms with Crippen LogP contribution < -0.4 is 10.1 Å². The van der Waals surface area contributed by atoms with Crippen LogP contribution in [-0.2, 0) is 14.3 Å². The van der Waals surface area contributed by atoms with E-state index in [1.807, 2.05) is 0 Å². The molecule has 180 valence electrons. The van der Waals surface area contributed by atoms with Crippen LogP contribution in [0.3, 0.4) is 0 Å². The molecule has 1 heterocycles. The molecule has 2 bridgehead atoms. The number of nitrogens with zero attached hydrogens (tertiary/aromatic N) is 1. The summed E-state index contributed by atoms with van der Waals surface area (Å²) < 4.78 is 65.0. The van der Waals surface area contributed by atoms with Gasteiger partial charge in [-0.1, -0.05) is 11.6 Å². The zero-order valence-corrected chi connectivity index (χ0v) is 18.0. The van der Waals surface area contributed by atoms with Gasteiger partial charge in [0.05, 0.1) is 23.2 Å². The Bertz CT molecular complexity index is 964. The van der Waals surface area contributed by atoms with E-state index < -0.39 is 36.0 Å². The third-order valence-corrected chi connectivity index (χ3v) is 7.34. The van der Waals surface area contributed by atoms with Gasteiger partial charge in [-0.15, -0.1) is 13.2 Å². The van der Waals surface area contributed by atoms with Crippen molar-refractivity contribution < 1.29 is 41.4 Å². The van der Waals surface area contributed by atoms with Gasteiger partial charge in [-0.05, 0) is 44.2 Å². The molecule has 5 fully saturated rings. The van der Waals surface area contributed by atoms with E-state index in [2.05, 4.69) is 10.1 Å². The molecule has 7 nitrogen and oxygen atoms in total. The van der Waals surface area contributed by atoms with E-state index in [0.717, 1.165) is 6.07 Å². The minimum atomic E-state index is -4.66. The predicted octanol–water partition coefficient (Wildman–Crippen LogP) is 3.79. The van der Waals surface area contributed by atoms with Crippen molar-refractivity contribution >= 4 is 23.6 Å². The van der Waals surface area contributed by atoms with Gasteiger partial charge in [0.25, 0.3) is 5.91 Å². The van der Waals surface area contributed by atoms with E-state index in [4.69, 9.17) is 21.1 Å². The fourth-order valence-corrected chi connectivity index (χ4v) is 5.63. The summed E-state index contributed by atoms with van der Waals surface area (Å²) in [6.07, 6.45) is -4.32. The molecular weight excluding hydrogens is 472 g/mol. The van der Waals surface area contributed by atoms with E-state index in [1.54, 1.807) is 4.90 Å². The molecule has 1 aromatic carbocycles. The standard InChI is InChI=1S/C21H21ClF4N2O5/c22-14-2-1-12(5-15(14)23)31-7-17(29)27-19-8-20(9-19,10-19)28-6-16(32-18(28)30)11-3-13(4-11)33-21(24,25)26/h1-2,5,11,13,16H,3-4,6-10H2,(H,27,29)/t11?,13?,16-,19?,20?/m1/s1. The Balaban J connectivity index is 1.06. The number of amides is 2. The highest BCUT2D eigenvalue weighted by atomic mass is 35.5. The van der Waals surface area contributed by atoms with E-state index >= 15 is 0 Å². The van der Waals surface area contributed by atoms with Crippen LogP contribution in [0.15, 0.2) is 18.2 Å². The summed E-state index contributed by atoms with van der Waals surface area (Å²) in [7, 11) is 0. The molecule has 4 aliphatic carbocycles. The molecule has 12 heteroatoms. The van der Waals surface area contributed by atoms with E-state index in [-0.39, 0.29) is 47.6 Å². The second kappa shape index (κ2) is 7.63. The van der Waals surface area contributed by atoms with Gasteiger partial charge >= 0.3 is 12.5 Å². The largest absolute Gasteiger partial charge is 0.522 e. The molecule has 4 saturated carbocycles. The maximum Gasteiger partial charge on any atom is 0.522 e. The number of alkyl halides is 3. The lowest BCUT2D eigenvalue weighted by Crippen LogP contribution is -2.84. The first-order valence-corrected chi connectivity index (χ1v) is 11.0. The van der Waals surface area contributed by atoms with Gasteiger partial charge in [-0.2, -0.15) is 0 Å². The predicted molar refractivity (Wildman–Crippen MR) is 105 cm³/mol. The van der Waals surface area contributed by atoms with Gasteiger partial charge in [-0.25, -0.2) is 9.18 Å². The molecule has 33 heavy (non-hydrogen) atoms. The van der Waals surface area contributed by atoms with Crippen LogP contribution in [0.1, 0.15) is 32.1 Å². The lowest BCUT2D eigenvalue weighted by molar-refractivity contribution is -0.355. The minimum Gasteiger partial charge on any atom is -0.484 e. The number of carbonyl (C=O) groups is 2. The summed E-state index contributed by atoms with van der Waals surface area (Å²) in [5.74, 6) is -0.962. The van der Waals surface area contributed by atoms with Crippen LogP contribution in [0.2, 0.25) is 5.02 Å². The van der Waals surface area contributed by atoms with Crippen LogP contribution in [0.25, 0.3) is 0 Å². The third kappa shape index (κ3) is 4.21. The molecule has 1 aromatic rings. The van der Waals surface area contributed by atoms with Gasteiger partial charge in [0, 0.05) is 17.5 Å². The molecule has 2 amide bonds. The van der Waals surface area contributed by atoms with Crippen molar-refractivity contribution in [3.05, 3.63) is 29.0 Å². The summed E-state index contributed by atoms with van der Waals surface area (Å²) >= 11 is 5.61. The molecule has 1 aliphatic heterocycles. The van der Waals surface area contributed by atoms with Crippen LogP contribution in [0, 0.1) is 11.7 Å². The summed E-state index contributed by atoms with van der Waals surface area (Å²) in [4.78, 5) is 26.3. The second-order valence-corrected chi connectivity index (χ2v) is 9.80. The number of halogens is 5. The fourth-order valence-electron chi connectivity index (χ4n) is 5.51. The van der Waals surface area contributed by atoms with Gasteiger partial charge in [0.1, 0.15) is 17.7 Å². The van der Waals surface area contributed by atoms with Gasteiger partial charge in [0.2, 0.25) is 0 Å². The molecule has 1 saturated heterocycles. The first-order chi connectivity index (χ1) is 15.5. The maximum atomic E-state index is 13.4. The lowest BCUT2D eigenvalue weighted by atomic mass is 9.43. The number of nitrogens with one attached hydrogen (secondary N) is 1. The average Bonchev–Trinajstić information content (AvgIpc) is 3.01. The van der Waals surface area contributed by atoms with Crippen LogP contribution in [-0.4, -0.2) is 59.7 Å². The Morgan fingerprint density at radius 2 is 1.97 bits per heavy atom. The monoisotopic (exact) mass is 492 g/mol. The number of carbonyl (C=O) groups excluding carboxylic acids is 2. The van der Waals surface area contributed by atoms with Crippen LogP contribution in [0.4, 0.5) is 22.4 Å². The molecule has 0 aromatic heterocycles. The zero-order chi connectivity index (χ0) is 23.6. The smallest absolute Gasteiger partial charge is 0.484 e. The number of hydrogen-bond acceptors (Lipinski definition) is 5. The van der Waals surface area contributed by atoms with Gasteiger partial charge in [-0.3, -0.25) is 14.4 Å². The Kier molecular flexibility index (Phi) is 5.20.